The molecule has 0 aromatic carbocycles. The topological polar surface area (TPSA) is 38.7 Å². The van der Waals surface area contributed by atoms with Gasteiger partial charge in [-0.05, 0) is 41.0 Å². The van der Waals surface area contributed by atoms with Crippen molar-refractivity contribution < 1.29 is 0 Å². The molecule has 0 atom stereocenters. The average Bonchev–Trinajstić information content (AvgIpc) is 2.62. The van der Waals surface area contributed by atoms with Crippen molar-refractivity contribution in [1.82, 2.24) is 14.3 Å². The predicted octanol–water partition coefficient (Wildman–Crippen LogP) is 2.50. The molecule has 2 rings (SSSR count). The number of aromatic nitrogens is 3. The smallest absolute Gasteiger partial charge is 0.173 e. The number of rotatable bonds is 2. The molecule has 3 nitrogen and oxygen atoms in total. The molecule has 0 radical (unpaired) electrons. The molecule has 0 unspecified atom stereocenters. The zero-order chi connectivity index (χ0) is 9.26. The molecule has 0 fully saturated rings. The van der Waals surface area contributed by atoms with Gasteiger partial charge < -0.3 is 0 Å². The van der Waals surface area contributed by atoms with E-state index in [1.807, 2.05) is 6.92 Å². The highest BCUT2D eigenvalue weighted by Gasteiger charge is 2.04. The molecule has 0 aliphatic heterocycles. The zero-order valence-corrected chi connectivity index (χ0v) is 10.6. The summed E-state index contributed by atoms with van der Waals surface area (Å²) in [6.07, 6.45) is 0.754. The van der Waals surface area contributed by atoms with E-state index in [0.717, 1.165) is 26.0 Å². The molecule has 0 saturated carbocycles. The highest BCUT2D eigenvalue weighted by Crippen LogP contribution is 2.13. The first-order chi connectivity index (χ1) is 6.24. The van der Waals surface area contributed by atoms with Crippen LogP contribution >= 0.6 is 45.5 Å². The molecule has 2 aromatic rings. The normalized spacial score (nSPS) is 10.6. The van der Waals surface area contributed by atoms with Crippen LogP contribution in [0.1, 0.15) is 16.5 Å². The molecule has 0 amide bonds. The first-order valence-corrected chi connectivity index (χ1v) is 6.36. The molecule has 0 aliphatic rings. The van der Waals surface area contributed by atoms with Crippen molar-refractivity contribution in [2.24, 2.45) is 0 Å². The Morgan fingerprint density at radius 3 is 2.85 bits per heavy atom. The number of hydrogen-bond donors (Lipinski definition) is 0. The molecule has 0 spiro atoms. The molecule has 68 valence electrons. The van der Waals surface area contributed by atoms with Gasteiger partial charge in [0.05, 0.1) is 17.1 Å². The van der Waals surface area contributed by atoms with Gasteiger partial charge in [0, 0.05) is 5.38 Å². The summed E-state index contributed by atoms with van der Waals surface area (Å²) < 4.78 is 5.19. The summed E-state index contributed by atoms with van der Waals surface area (Å²) in [6, 6.07) is 0. The van der Waals surface area contributed by atoms with Crippen LogP contribution in [0.25, 0.3) is 0 Å². The third-order valence-corrected chi connectivity index (χ3v) is 3.65. The molecule has 0 aliphatic carbocycles. The molecule has 0 N–H and O–H groups in total. The summed E-state index contributed by atoms with van der Waals surface area (Å²) in [5, 5.41) is 3.16. The Kier molecular flexibility index (Phi) is 2.89. The Morgan fingerprint density at radius 2 is 2.31 bits per heavy atom. The fourth-order valence-corrected chi connectivity index (χ4v) is 2.57. The van der Waals surface area contributed by atoms with E-state index in [4.69, 9.17) is 0 Å². The third kappa shape index (κ3) is 2.44. The zero-order valence-electron chi connectivity index (χ0n) is 6.82. The van der Waals surface area contributed by atoms with Gasteiger partial charge in [0.1, 0.15) is 5.82 Å². The lowest BCUT2D eigenvalue weighted by Gasteiger charge is -1.87. The summed E-state index contributed by atoms with van der Waals surface area (Å²) >= 11 is 5.27. The van der Waals surface area contributed by atoms with Crippen LogP contribution in [0.4, 0.5) is 0 Å². The van der Waals surface area contributed by atoms with Gasteiger partial charge in [-0.3, -0.25) is 0 Å². The van der Waals surface area contributed by atoms with Gasteiger partial charge in [-0.15, -0.1) is 11.3 Å². The number of aryl methyl sites for hydroxylation is 1. The highest BCUT2D eigenvalue weighted by molar-refractivity contribution is 14.1. The lowest BCUT2D eigenvalue weighted by atomic mass is 10.3. The molecular formula is C7H6IN3S2. The van der Waals surface area contributed by atoms with Crippen LogP contribution in [0.5, 0.6) is 0 Å². The van der Waals surface area contributed by atoms with Crippen molar-refractivity contribution in [2.75, 3.05) is 0 Å². The largest absolute Gasteiger partial charge is 0.246 e. The highest BCUT2D eigenvalue weighted by atomic mass is 127. The fraction of sp³-hybridized carbons (Fsp3) is 0.286. The summed E-state index contributed by atoms with van der Waals surface area (Å²) in [4.78, 5) is 8.63. The Labute approximate surface area is 97.6 Å². The maximum Gasteiger partial charge on any atom is 0.173 e. The minimum atomic E-state index is 0.754. The van der Waals surface area contributed by atoms with Crippen LogP contribution in [-0.2, 0) is 6.42 Å². The SMILES string of the molecule is Cc1nc(Cc2nsc(I)n2)cs1. The van der Waals surface area contributed by atoms with Crippen LogP contribution in [0.2, 0.25) is 0 Å². The van der Waals surface area contributed by atoms with Crippen LogP contribution < -0.4 is 0 Å². The van der Waals surface area contributed by atoms with E-state index in [-0.39, 0.29) is 0 Å². The van der Waals surface area contributed by atoms with Gasteiger partial charge in [0.15, 0.2) is 3.01 Å². The maximum absolute atomic E-state index is 4.36. The average molecular weight is 323 g/mol. The van der Waals surface area contributed by atoms with Crippen molar-refractivity contribution in [3.63, 3.8) is 0 Å². The van der Waals surface area contributed by atoms with Crippen LogP contribution in [-0.4, -0.2) is 14.3 Å². The summed E-state index contributed by atoms with van der Waals surface area (Å²) in [7, 11) is 0. The van der Waals surface area contributed by atoms with E-state index in [9.17, 15) is 0 Å². The first kappa shape index (κ1) is 9.47. The van der Waals surface area contributed by atoms with Gasteiger partial charge in [-0.1, -0.05) is 0 Å². The Morgan fingerprint density at radius 1 is 1.46 bits per heavy atom. The van der Waals surface area contributed by atoms with E-state index >= 15 is 0 Å². The van der Waals surface area contributed by atoms with Gasteiger partial charge in [0.2, 0.25) is 0 Å². The number of halogens is 1. The van der Waals surface area contributed by atoms with E-state index in [0.29, 0.717) is 0 Å². The second kappa shape index (κ2) is 3.97. The minimum absolute atomic E-state index is 0.754. The lowest BCUT2D eigenvalue weighted by Crippen LogP contribution is -1.90. The third-order valence-electron chi connectivity index (χ3n) is 1.45. The second-order valence-corrected chi connectivity index (χ2v) is 6.07. The monoisotopic (exact) mass is 323 g/mol. The van der Waals surface area contributed by atoms with Crippen molar-refractivity contribution >= 4 is 45.5 Å². The lowest BCUT2D eigenvalue weighted by molar-refractivity contribution is 0.985. The van der Waals surface area contributed by atoms with E-state index in [1.54, 1.807) is 11.3 Å². The van der Waals surface area contributed by atoms with Crippen molar-refractivity contribution in [1.29, 1.82) is 0 Å². The number of nitrogens with zero attached hydrogens (tertiary/aromatic N) is 3. The first-order valence-electron chi connectivity index (χ1n) is 3.63. The van der Waals surface area contributed by atoms with E-state index in [2.05, 4.69) is 42.3 Å². The summed E-state index contributed by atoms with van der Waals surface area (Å²) in [5.41, 5.74) is 1.07. The standard InChI is InChI=1S/C7H6IN3S2/c1-4-9-5(3-12-4)2-6-10-7(8)13-11-6/h3H,2H2,1H3. The van der Waals surface area contributed by atoms with Crippen LogP contribution in [0.3, 0.4) is 0 Å². The predicted molar refractivity (Wildman–Crippen MR) is 62.3 cm³/mol. The molecule has 2 aromatic heterocycles. The van der Waals surface area contributed by atoms with Gasteiger partial charge in [0.25, 0.3) is 0 Å². The summed E-state index contributed by atoms with van der Waals surface area (Å²) in [5.74, 6) is 0.875. The number of thiazole rings is 1. The van der Waals surface area contributed by atoms with E-state index in [1.165, 1.54) is 11.5 Å². The van der Waals surface area contributed by atoms with Crippen molar-refractivity contribution in [3.8, 4) is 0 Å². The summed E-state index contributed by atoms with van der Waals surface area (Å²) in [6.45, 7) is 2.01. The Balaban J connectivity index is 2.14. The van der Waals surface area contributed by atoms with E-state index < -0.39 is 0 Å². The Bertz CT molecular complexity index is 371. The van der Waals surface area contributed by atoms with Crippen molar-refractivity contribution in [2.45, 2.75) is 13.3 Å². The molecular weight excluding hydrogens is 317 g/mol. The molecule has 6 heteroatoms. The minimum Gasteiger partial charge on any atom is -0.246 e. The number of hydrogen-bond acceptors (Lipinski definition) is 5. The molecule has 13 heavy (non-hydrogen) atoms. The molecule has 2 heterocycles. The van der Waals surface area contributed by atoms with Gasteiger partial charge in [-0.25, -0.2) is 9.97 Å². The fourth-order valence-electron chi connectivity index (χ4n) is 0.956. The van der Waals surface area contributed by atoms with Crippen LogP contribution in [0.15, 0.2) is 5.38 Å². The quantitative estimate of drug-likeness (QED) is 0.797. The second-order valence-electron chi connectivity index (χ2n) is 2.50. The van der Waals surface area contributed by atoms with Gasteiger partial charge >= 0.3 is 0 Å². The molecule has 0 bridgehead atoms. The van der Waals surface area contributed by atoms with Crippen LogP contribution in [0, 0.1) is 9.94 Å². The maximum atomic E-state index is 4.36. The van der Waals surface area contributed by atoms with Gasteiger partial charge in [-0.2, -0.15) is 4.37 Å². The Hall–Kier alpha value is -0.0800. The molecule has 0 saturated heterocycles. The van der Waals surface area contributed by atoms with Crippen molar-refractivity contribution in [3.05, 3.63) is 24.9 Å².